The molecule has 0 spiro atoms. The van der Waals surface area contributed by atoms with E-state index in [1.165, 1.54) is 4.90 Å². The maximum absolute atomic E-state index is 12.5. The maximum atomic E-state index is 12.5. The highest BCUT2D eigenvalue weighted by atomic mass is 32.3. The topological polar surface area (TPSA) is 78.2 Å². The largest absolute Gasteiger partial charge is 0.338 e. The first-order valence-corrected chi connectivity index (χ1v) is 7.01. The molecule has 2 unspecified atom stereocenters. The molecule has 2 atom stereocenters. The van der Waals surface area contributed by atoms with Gasteiger partial charge < -0.3 is 4.90 Å². The van der Waals surface area contributed by atoms with Crippen LogP contribution < -0.4 is 0 Å². The normalized spacial score (nSPS) is 22.5. The number of likely N-dealkylation sites (tertiary alicyclic amines) is 1. The number of nitrogens with zero attached hydrogens (tertiary/aromatic N) is 2. The van der Waals surface area contributed by atoms with Gasteiger partial charge in [-0.05, 0) is 6.42 Å². The summed E-state index contributed by atoms with van der Waals surface area (Å²) >= 11 is 0. The lowest BCUT2D eigenvalue weighted by atomic mass is 10.1. The van der Waals surface area contributed by atoms with Crippen molar-refractivity contribution in [3.63, 3.8) is 0 Å². The molecule has 0 N–H and O–H groups in total. The number of amides is 1. The first-order chi connectivity index (χ1) is 7.87. The third kappa shape index (κ3) is 3.97. The average molecular weight is 262 g/mol. The minimum atomic E-state index is -4.54. The Morgan fingerprint density at radius 3 is 2.76 bits per heavy atom. The Labute approximate surface area is 100 Å². The van der Waals surface area contributed by atoms with E-state index < -0.39 is 21.9 Å². The predicted octanol–water partition coefficient (Wildman–Crippen LogP) is 0.826. The smallest absolute Gasteiger partial charge is 0.302 e. The molecule has 1 aliphatic heterocycles. The average Bonchev–Trinajstić information content (AvgIpc) is 2.53. The SMILES string of the molecule is CCC(CC#N)N1CC(CS(=O)(=O)F)CC1=O. The second-order valence-electron chi connectivity index (χ2n) is 4.25. The summed E-state index contributed by atoms with van der Waals surface area (Å²) < 4.78 is 33.5. The standard InChI is InChI=1S/C10H15FN2O3S/c1-2-9(3-4-12)13-6-8(5-10(13)14)7-17(11,15)16/h8-9H,2-3,5-7H2,1H3. The van der Waals surface area contributed by atoms with Gasteiger partial charge >= 0.3 is 10.2 Å². The minimum Gasteiger partial charge on any atom is -0.338 e. The van der Waals surface area contributed by atoms with E-state index in [2.05, 4.69) is 0 Å². The van der Waals surface area contributed by atoms with Gasteiger partial charge in [0.1, 0.15) is 0 Å². The van der Waals surface area contributed by atoms with E-state index in [4.69, 9.17) is 5.26 Å². The van der Waals surface area contributed by atoms with Gasteiger partial charge in [0.05, 0.1) is 18.2 Å². The number of halogens is 1. The van der Waals surface area contributed by atoms with E-state index in [9.17, 15) is 17.1 Å². The van der Waals surface area contributed by atoms with E-state index in [0.717, 1.165) is 0 Å². The Morgan fingerprint density at radius 2 is 2.29 bits per heavy atom. The Bertz CT molecular complexity index is 429. The van der Waals surface area contributed by atoms with E-state index in [-0.39, 0.29) is 31.3 Å². The van der Waals surface area contributed by atoms with Gasteiger partial charge in [-0.3, -0.25) is 4.79 Å². The molecule has 17 heavy (non-hydrogen) atoms. The van der Waals surface area contributed by atoms with Gasteiger partial charge in [0.15, 0.2) is 0 Å². The Hall–Kier alpha value is -1.16. The van der Waals surface area contributed by atoms with Crippen LogP contribution in [0.25, 0.3) is 0 Å². The number of rotatable bonds is 5. The predicted molar refractivity (Wildman–Crippen MR) is 59.0 cm³/mol. The number of hydrogen-bond donors (Lipinski definition) is 0. The summed E-state index contributed by atoms with van der Waals surface area (Å²) in [6.45, 7) is 2.08. The van der Waals surface area contributed by atoms with Gasteiger partial charge in [-0.2, -0.15) is 13.7 Å². The maximum Gasteiger partial charge on any atom is 0.302 e. The summed E-state index contributed by atoms with van der Waals surface area (Å²) in [4.78, 5) is 13.1. The highest BCUT2D eigenvalue weighted by Crippen LogP contribution is 2.24. The molecular weight excluding hydrogens is 247 g/mol. The molecule has 1 rings (SSSR count). The van der Waals surface area contributed by atoms with Gasteiger partial charge in [0, 0.05) is 24.9 Å². The summed E-state index contributed by atoms with van der Waals surface area (Å²) in [6, 6.07) is 1.80. The lowest BCUT2D eigenvalue weighted by molar-refractivity contribution is -0.129. The molecule has 0 saturated carbocycles. The van der Waals surface area contributed by atoms with Gasteiger partial charge in [0.2, 0.25) is 5.91 Å². The molecular formula is C10H15FN2O3S. The summed E-state index contributed by atoms with van der Waals surface area (Å²) in [5.74, 6) is -1.30. The molecule has 1 amide bonds. The molecule has 0 aliphatic carbocycles. The van der Waals surface area contributed by atoms with Gasteiger partial charge in [-0.1, -0.05) is 6.92 Å². The van der Waals surface area contributed by atoms with Crippen LogP contribution in [0.15, 0.2) is 0 Å². The fourth-order valence-corrected chi connectivity index (χ4v) is 2.92. The third-order valence-electron chi connectivity index (χ3n) is 2.91. The lowest BCUT2D eigenvalue weighted by Crippen LogP contribution is -2.36. The van der Waals surface area contributed by atoms with Crippen molar-refractivity contribution in [2.75, 3.05) is 12.3 Å². The minimum absolute atomic E-state index is 0.0467. The van der Waals surface area contributed by atoms with E-state index in [0.29, 0.717) is 6.42 Å². The Kier molecular flexibility index (Phi) is 4.46. The van der Waals surface area contributed by atoms with Crippen molar-refractivity contribution in [3.8, 4) is 6.07 Å². The zero-order chi connectivity index (χ0) is 13.1. The van der Waals surface area contributed by atoms with Crippen LogP contribution in [0.1, 0.15) is 26.2 Å². The van der Waals surface area contributed by atoms with Crippen molar-refractivity contribution in [1.29, 1.82) is 5.26 Å². The first kappa shape index (κ1) is 13.9. The second kappa shape index (κ2) is 5.45. The van der Waals surface area contributed by atoms with E-state index in [1.54, 1.807) is 0 Å². The number of carbonyl (C=O) groups is 1. The van der Waals surface area contributed by atoms with Crippen LogP contribution in [-0.4, -0.2) is 37.6 Å². The zero-order valence-corrected chi connectivity index (χ0v) is 10.4. The van der Waals surface area contributed by atoms with Crippen molar-refractivity contribution < 1.29 is 17.1 Å². The fraction of sp³-hybridized carbons (Fsp3) is 0.800. The molecule has 0 radical (unpaired) electrons. The van der Waals surface area contributed by atoms with Crippen LogP contribution in [0.4, 0.5) is 3.89 Å². The van der Waals surface area contributed by atoms with Gasteiger partial charge in [-0.15, -0.1) is 3.89 Å². The van der Waals surface area contributed by atoms with Crippen LogP contribution in [0.2, 0.25) is 0 Å². The van der Waals surface area contributed by atoms with Crippen molar-refractivity contribution in [3.05, 3.63) is 0 Å². The van der Waals surface area contributed by atoms with Crippen molar-refractivity contribution in [2.45, 2.75) is 32.2 Å². The summed E-state index contributed by atoms with van der Waals surface area (Å²) in [7, 11) is -4.54. The molecule has 1 fully saturated rings. The Morgan fingerprint density at radius 1 is 1.65 bits per heavy atom. The highest BCUT2D eigenvalue weighted by Gasteiger charge is 2.35. The zero-order valence-electron chi connectivity index (χ0n) is 9.60. The number of nitriles is 1. The number of hydrogen-bond acceptors (Lipinski definition) is 4. The van der Waals surface area contributed by atoms with Crippen LogP contribution in [0.3, 0.4) is 0 Å². The summed E-state index contributed by atoms with van der Waals surface area (Å²) in [5, 5.41) is 8.62. The van der Waals surface area contributed by atoms with Gasteiger partial charge in [-0.25, -0.2) is 0 Å². The lowest BCUT2D eigenvalue weighted by Gasteiger charge is -2.25. The summed E-state index contributed by atoms with van der Waals surface area (Å²) in [5.41, 5.74) is 0. The molecule has 1 saturated heterocycles. The fourth-order valence-electron chi connectivity index (χ4n) is 2.13. The highest BCUT2D eigenvalue weighted by molar-refractivity contribution is 7.86. The molecule has 1 heterocycles. The molecule has 1 aliphatic rings. The van der Waals surface area contributed by atoms with Crippen LogP contribution >= 0.6 is 0 Å². The van der Waals surface area contributed by atoms with Crippen molar-refractivity contribution in [2.24, 2.45) is 5.92 Å². The third-order valence-corrected chi connectivity index (χ3v) is 3.78. The van der Waals surface area contributed by atoms with Crippen LogP contribution in [0.5, 0.6) is 0 Å². The quantitative estimate of drug-likeness (QED) is 0.687. The molecule has 0 aromatic carbocycles. The monoisotopic (exact) mass is 262 g/mol. The van der Waals surface area contributed by atoms with Crippen LogP contribution in [0, 0.1) is 17.2 Å². The van der Waals surface area contributed by atoms with Crippen molar-refractivity contribution in [1.82, 2.24) is 4.90 Å². The molecule has 0 bridgehead atoms. The van der Waals surface area contributed by atoms with Crippen LogP contribution in [-0.2, 0) is 15.0 Å². The van der Waals surface area contributed by atoms with E-state index in [1.807, 2.05) is 13.0 Å². The van der Waals surface area contributed by atoms with Gasteiger partial charge in [0.25, 0.3) is 0 Å². The second-order valence-corrected chi connectivity index (χ2v) is 5.66. The number of carbonyl (C=O) groups excluding carboxylic acids is 1. The molecule has 7 heteroatoms. The summed E-state index contributed by atoms with van der Waals surface area (Å²) in [6.07, 6.45) is 0.900. The molecule has 96 valence electrons. The van der Waals surface area contributed by atoms with Crippen molar-refractivity contribution >= 4 is 16.1 Å². The molecule has 0 aromatic heterocycles. The molecule has 0 aromatic rings. The van der Waals surface area contributed by atoms with E-state index >= 15 is 0 Å². The first-order valence-electron chi connectivity index (χ1n) is 5.46. The molecule has 5 nitrogen and oxygen atoms in total. The Balaban J connectivity index is 2.67.